The maximum absolute atomic E-state index is 6.13. The Balaban J connectivity index is 2.09. The van der Waals surface area contributed by atoms with E-state index in [1.165, 1.54) is 6.42 Å². The van der Waals surface area contributed by atoms with Crippen LogP contribution in [0.15, 0.2) is 18.2 Å². The minimum Gasteiger partial charge on any atom is -0.490 e. The quantitative estimate of drug-likeness (QED) is 0.888. The van der Waals surface area contributed by atoms with Gasteiger partial charge in [0.15, 0.2) is 0 Å². The molecule has 1 aliphatic rings. The normalized spacial score (nSPS) is 21.5. The molecule has 0 amide bonds. The van der Waals surface area contributed by atoms with Crippen LogP contribution in [0.25, 0.3) is 0 Å². The van der Waals surface area contributed by atoms with E-state index in [1.54, 1.807) is 0 Å². The highest BCUT2D eigenvalue weighted by Crippen LogP contribution is 2.28. The van der Waals surface area contributed by atoms with Crippen LogP contribution in [-0.2, 0) is 0 Å². The lowest BCUT2D eigenvalue weighted by Gasteiger charge is -2.24. The molecule has 0 spiro atoms. The Kier molecular flexibility index (Phi) is 4.30. The predicted octanol–water partition coefficient (Wildman–Crippen LogP) is 3.42. The van der Waals surface area contributed by atoms with Gasteiger partial charge in [-0.1, -0.05) is 24.6 Å². The highest BCUT2D eigenvalue weighted by atomic mass is 35.5. The van der Waals surface area contributed by atoms with Gasteiger partial charge in [-0.25, -0.2) is 0 Å². The second kappa shape index (κ2) is 5.74. The maximum Gasteiger partial charge on any atom is 0.124 e. The van der Waals surface area contributed by atoms with Gasteiger partial charge in [0.05, 0.1) is 0 Å². The van der Waals surface area contributed by atoms with Crippen molar-refractivity contribution in [3.05, 3.63) is 28.8 Å². The van der Waals surface area contributed by atoms with Gasteiger partial charge in [-0.3, -0.25) is 0 Å². The zero-order valence-corrected chi connectivity index (χ0v) is 11.3. The maximum atomic E-state index is 6.13. The Hall–Kier alpha value is -0.730. The Labute approximate surface area is 108 Å². The number of hydrogen-bond acceptors (Lipinski definition) is 2. The van der Waals surface area contributed by atoms with Gasteiger partial charge in [0, 0.05) is 23.0 Å². The zero-order chi connectivity index (χ0) is 12.3. The van der Waals surface area contributed by atoms with Gasteiger partial charge >= 0.3 is 0 Å². The van der Waals surface area contributed by atoms with Crippen molar-refractivity contribution in [3.8, 4) is 5.75 Å². The van der Waals surface area contributed by atoms with Gasteiger partial charge in [0.1, 0.15) is 11.9 Å². The van der Waals surface area contributed by atoms with E-state index in [-0.39, 0.29) is 0 Å². The molecule has 1 aromatic rings. The third kappa shape index (κ3) is 2.93. The molecule has 0 aliphatic carbocycles. The van der Waals surface area contributed by atoms with Crippen LogP contribution in [0.1, 0.15) is 25.3 Å². The first kappa shape index (κ1) is 12.7. The lowest BCUT2D eigenvalue weighted by Crippen LogP contribution is -2.28. The largest absolute Gasteiger partial charge is 0.490 e. The van der Waals surface area contributed by atoms with Crippen LogP contribution >= 0.6 is 11.6 Å². The van der Waals surface area contributed by atoms with E-state index in [2.05, 4.69) is 12.2 Å². The first-order valence-corrected chi connectivity index (χ1v) is 6.72. The second-order valence-corrected chi connectivity index (χ2v) is 5.09. The summed E-state index contributed by atoms with van der Waals surface area (Å²) in [5.74, 6) is 1.55. The first-order valence-electron chi connectivity index (χ1n) is 6.35. The molecule has 0 radical (unpaired) electrons. The van der Waals surface area contributed by atoms with E-state index < -0.39 is 0 Å². The molecule has 1 N–H and O–H groups in total. The summed E-state index contributed by atoms with van der Waals surface area (Å²) in [7, 11) is 0. The third-order valence-corrected chi connectivity index (χ3v) is 3.93. The summed E-state index contributed by atoms with van der Waals surface area (Å²) in [4.78, 5) is 0. The van der Waals surface area contributed by atoms with Gasteiger partial charge < -0.3 is 10.1 Å². The number of rotatable bonds is 4. The fourth-order valence-electron chi connectivity index (χ4n) is 2.39. The summed E-state index contributed by atoms with van der Waals surface area (Å²) >= 11 is 6.11. The van der Waals surface area contributed by atoms with E-state index in [4.69, 9.17) is 16.3 Å². The van der Waals surface area contributed by atoms with E-state index in [0.717, 1.165) is 35.8 Å². The predicted molar refractivity (Wildman–Crippen MR) is 71.9 cm³/mol. The van der Waals surface area contributed by atoms with Crippen LogP contribution in [0.3, 0.4) is 0 Å². The molecular weight excluding hydrogens is 234 g/mol. The van der Waals surface area contributed by atoms with Gasteiger partial charge in [-0.2, -0.15) is 0 Å². The van der Waals surface area contributed by atoms with Gasteiger partial charge in [0.2, 0.25) is 0 Å². The minimum atomic E-state index is 0.294. The number of benzene rings is 1. The smallest absolute Gasteiger partial charge is 0.124 e. The van der Waals surface area contributed by atoms with Crippen LogP contribution in [-0.4, -0.2) is 19.2 Å². The number of hydrogen-bond donors (Lipinski definition) is 1. The van der Waals surface area contributed by atoms with Crippen LogP contribution in [0.2, 0.25) is 5.02 Å². The summed E-state index contributed by atoms with van der Waals surface area (Å²) in [6.45, 7) is 6.37. The van der Waals surface area contributed by atoms with Gasteiger partial charge in [-0.05, 0) is 38.4 Å². The van der Waals surface area contributed by atoms with Crippen molar-refractivity contribution in [1.82, 2.24) is 5.32 Å². The summed E-state index contributed by atoms with van der Waals surface area (Å²) < 4.78 is 6.13. The second-order valence-electron chi connectivity index (χ2n) is 4.68. The molecule has 1 heterocycles. The van der Waals surface area contributed by atoms with Gasteiger partial charge in [-0.15, -0.1) is 0 Å². The Bertz CT molecular complexity index is 374. The number of halogens is 1. The van der Waals surface area contributed by atoms with Crippen LogP contribution < -0.4 is 10.1 Å². The summed E-state index contributed by atoms with van der Waals surface area (Å²) in [5.41, 5.74) is 1.04. The molecule has 0 aromatic heterocycles. The fourth-order valence-corrected chi connectivity index (χ4v) is 2.55. The highest BCUT2D eigenvalue weighted by molar-refractivity contribution is 6.31. The SMILES string of the molecule is CC[C@H](Oc1cccc(Cl)c1C)C1CCNC1. The van der Waals surface area contributed by atoms with Crippen LogP contribution in [0.4, 0.5) is 0 Å². The molecule has 17 heavy (non-hydrogen) atoms. The molecule has 2 rings (SSSR count). The van der Waals surface area contributed by atoms with E-state index in [9.17, 15) is 0 Å². The molecule has 1 fully saturated rings. The summed E-state index contributed by atoms with van der Waals surface area (Å²) in [5, 5.41) is 4.17. The van der Waals surface area contributed by atoms with Crippen molar-refractivity contribution in [3.63, 3.8) is 0 Å². The van der Waals surface area contributed by atoms with Crippen molar-refractivity contribution in [2.75, 3.05) is 13.1 Å². The average Bonchev–Trinajstić information content (AvgIpc) is 2.85. The zero-order valence-electron chi connectivity index (χ0n) is 10.5. The fraction of sp³-hybridized carbons (Fsp3) is 0.571. The van der Waals surface area contributed by atoms with Crippen LogP contribution in [0.5, 0.6) is 5.75 Å². The molecule has 2 atom stereocenters. The Morgan fingerprint density at radius 2 is 2.35 bits per heavy atom. The van der Waals surface area contributed by atoms with E-state index >= 15 is 0 Å². The average molecular weight is 254 g/mol. The van der Waals surface area contributed by atoms with Crippen molar-refractivity contribution in [1.29, 1.82) is 0 Å². The third-order valence-electron chi connectivity index (χ3n) is 3.52. The number of nitrogens with one attached hydrogen (secondary N) is 1. The van der Waals surface area contributed by atoms with Crippen molar-refractivity contribution in [2.45, 2.75) is 32.8 Å². The highest BCUT2D eigenvalue weighted by Gasteiger charge is 2.25. The number of ether oxygens (including phenoxy) is 1. The van der Waals surface area contributed by atoms with E-state index in [1.807, 2.05) is 25.1 Å². The summed E-state index contributed by atoms with van der Waals surface area (Å²) in [6.07, 6.45) is 2.54. The molecule has 1 aromatic carbocycles. The summed E-state index contributed by atoms with van der Waals surface area (Å²) in [6, 6.07) is 5.86. The molecule has 3 heteroatoms. The van der Waals surface area contributed by atoms with E-state index in [0.29, 0.717) is 12.0 Å². The lowest BCUT2D eigenvalue weighted by molar-refractivity contribution is 0.137. The molecule has 1 unspecified atom stereocenters. The molecular formula is C14H20ClNO. The molecule has 1 aliphatic heterocycles. The topological polar surface area (TPSA) is 21.3 Å². The lowest BCUT2D eigenvalue weighted by atomic mass is 9.99. The molecule has 1 saturated heterocycles. The molecule has 94 valence electrons. The standard InChI is InChI=1S/C14H20ClNO/c1-3-13(11-7-8-16-9-11)17-14-6-4-5-12(15)10(14)2/h4-6,11,13,16H,3,7-9H2,1-2H3/t11?,13-/m0/s1. The van der Waals surface area contributed by atoms with Gasteiger partial charge in [0.25, 0.3) is 0 Å². The Morgan fingerprint density at radius 3 is 3.00 bits per heavy atom. The van der Waals surface area contributed by atoms with Crippen LogP contribution in [0, 0.1) is 12.8 Å². The van der Waals surface area contributed by atoms with Crippen molar-refractivity contribution >= 4 is 11.6 Å². The molecule has 2 nitrogen and oxygen atoms in total. The monoisotopic (exact) mass is 253 g/mol. The molecule has 0 bridgehead atoms. The molecule has 0 saturated carbocycles. The minimum absolute atomic E-state index is 0.294. The van der Waals surface area contributed by atoms with Crippen molar-refractivity contribution < 1.29 is 4.74 Å². The van der Waals surface area contributed by atoms with Crippen molar-refractivity contribution in [2.24, 2.45) is 5.92 Å². The first-order chi connectivity index (χ1) is 8.22. The Morgan fingerprint density at radius 1 is 1.53 bits per heavy atom.